The van der Waals surface area contributed by atoms with Gasteiger partial charge in [0.1, 0.15) is 6.54 Å². The van der Waals surface area contributed by atoms with Gasteiger partial charge in [-0.05, 0) is 24.1 Å². The van der Waals surface area contributed by atoms with Crippen LogP contribution in [-0.4, -0.2) is 79.9 Å². The van der Waals surface area contributed by atoms with E-state index in [2.05, 4.69) is 39.2 Å². The van der Waals surface area contributed by atoms with E-state index in [1.54, 1.807) is 19.0 Å². The molecule has 0 aliphatic carbocycles. The maximum atomic E-state index is 11.8. The summed E-state index contributed by atoms with van der Waals surface area (Å²) in [5, 5.41) is 4.15. The Balaban J connectivity index is 0.00000364. The second-order valence-electron chi connectivity index (χ2n) is 6.74. The molecule has 0 unspecified atom stereocenters. The summed E-state index contributed by atoms with van der Waals surface area (Å²) >= 11 is 5.95. The number of nitrogens with one attached hydrogen (secondary N) is 1. The van der Waals surface area contributed by atoms with Gasteiger partial charge < -0.3 is 15.1 Å². The zero-order valence-corrected chi connectivity index (χ0v) is 19.5. The lowest BCUT2D eigenvalue weighted by Gasteiger charge is -2.36. The lowest BCUT2D eigenvalue weighted by molar-refractivity contribution is -0.127. The van der Waals surface area contributed by atoms with Gasteiger partial charge in [-0.3, -0.25) is 9.69 Å². The maximum Gasteiger partial charge on any atom is 0.243 e. The molecule has 0 spiro atoms. The predicted octanol–water partition coefficient (Wildman–Crippen LogP) is 2.52. The Hall–Kier alpha value is -1.06. The Kier molecular flexibility index (Phi) is 11.0. The van der Waals surface area contributed by atoms with Crippen molar-refractivity contribution in [1.82, 2.24) is 20.0 Å². The number of nitrogens with zero attached hydrogens (tertiary/aromatic N) is 4. The van der Waals surface area contributed by atoms with Crippen molar-refractivity contribution in [1.29, 1.82) is 0 Å². The average Bonchev–Trinajstić information content (AvgIpc) is 2.64. The van der Waals surface area contributed by atoms with Gasteiger partial charge in [0.25, 0.3) is 0 Å². The minimum absolute atomic E-state index is 0. The third-order valence-electron chi connectivity index (χ3n) is 4.39. The van der Waals surface area contributed by atoms with Crippen LogP contribution in [0, 0.1) is 0 Å². The first-order chi connectivity index (χ1) is 12.5. The van der Waals surface area contributed by atoms with Crippen LogP contribution in [0.25, 0.3) is 0 Å². The first-order valence-electron chi connectivity index (χ1n) is 9.19. The van der Waals surface area contributed by atoms with E-state index >= 15 is 0 Å². The number of hydrogen-bond donors (Lipinski definition) is 1. The summed E-state index contributed by atoms with van der Waals surface area (Å²) < 4.78 is 0. The summed E-state index contributed by atoms with van der Waals surface area (Å²) in [4.78, 5) is 22.6. The van der Waals surface area contributed by atoms with Crippen LogP contribution in [0.3, 0.4) is 0 Å². The van der Waals surface area contributed by atoms with Crippen LogP contribution >= 0.6 is 35.6 Å². The first-order valence-corrected chi connectivity index (χ1v) is 9.57. The Morgan fingerprint density at radius 1 is 1.19 bits per heavy atom. The van der Waals surface area contributed by atoms with E-state index in [1.807, 2.05) is 12.1 Å². The van der Waals surface area contributed by atoms with E-state index in [1.165, 1.54) is 5.56 Å². The fourth-order valence-electron chi connectivity index (χ4n) is 2.75. The number of carbonyl (C=O) groups is 1. The lowest BCUT2D eigenvalue weighted by Crippen LogP contribution is -2.52. The third-order valence-corrected chi connectivity index (χ3v) is 4.64. The second kappa shape index (κ2) is 12.4. The molecule has 1 amide bonds. The Morgan fingerprint density at radius 2 is 1.81 bits per heavy atom. The summed E-state index contributed by atoms with van der Waals surface area (Å²) in [5.74, 6) is 0.857. The van der Waals surface area contributed by atoms with Gasteiger partial charge in [-0.25, -0.2) is 4.99 Å². The predicted molar refractivity (Wildman–Crippen MR) is 123 cm³/mol. The molecule has 0 saturated carbocycles. The molecule has 1 aliphatic rings. The molecule has 0 radical (unpaired) electrons. The molecule has 1 saturated heterocycles. The number of rotatable bonds is 6. The van der Waals surface area contributed by atoms with Crippen molar-refractivity contribution < 1.29 is 4.79 Å². The molecule has 1 aromatic rings. The van der Waals surface area contributed by atoms with E-state index in [-0.39, 0.29) is 36.4 Å². The largest absolute Gasteiger partial charge is 0.356 e. The van der Waals surface area contributed by atoms with Crippen LogP contribution in [0.5, 0.6) is 0 Å². The fraction of sp³-hybridized carbons (Fsp3) is 0.579. The zero-order valence-electron chi connectivity index (χ0n) is 16.4. The van der Waals surface area contributed by atoms with Gasteiger partial charge in [-0.15, -0.1) is 24.0 Å². The first kappa shape index (κ1) is 24.0. The number of benzene rings is 1. The highest BCUT2D eigenvalue weighted by Gasteiger charge is 2.20. The summed E-state index contributed by atoms with van der Waals surface area (Å²) in [5.41, 5.74) is 1.28. The van der Waals surface area contributed by atoms with Gasteiger partial charge in [0.15, 0.2) is 5.96 Å². The van der Waals surface area contributed by atoms with Crippen LogP contribution in [-0.2, 0) is 11.3 Å². The van der Waals surface area contributed by atoms with Crippen LogP contribution in [0.1, 0.15) is 18.9 Å². The number of amides is 1. The highest BCUT2D eigenvalue weighted by molar-refractivity contribution is 14.0. The Labute approximate surface area is 185 Å². The Bertz CT molecular complexity index is 601. The number of piperazine rings is 1. The summed E-state index contributed by atoms with van der Waals surface area (Å²) in [6, 6.07) is 8.04. The number of aliphatic imine (C=N–C) groups is 1. The van der Waals surface area contributed by atoms with Crippen molar-refractivity contribution in [2.24, 2.45) is 4.99 Å². The minimum Gasteiger partial charge on any atom is -0.356 e. The number of carbonyl (C=O) groups excluding carboxylic acids is 1. The quantitative estimate of drug-likeness (QED) is 0.365. The average molecular weight is 508 g/mol. The highest BCUT2D eigenvalue weighted by atomic mass is 127. The van der Waals surface area contributed by atoms with Crippen molar-refractivity contribution in [3.05, 3.63) is 34.9 Å². The van der Waals surface area contributed by atoms with Gasteiger partial charge in [0.05, 0.1) is 0 Å². The third kappa shape index (κ3) is 8.23. The van der Waals surface area contributed by atoms with E-state index < -0.39 is 0 Å². The van der Waals surface area contributed by atoms with Gasteiger partial charge in [0, 0.05) is 58.4 Å². The minimum atomic E-state index is 0. The summed E-state index contributed by atoms with van der Waals surface area (Å²) in [7, 11) is 3.51. The molecule has 0 atom stereocenters. The molecule has 1 N–H and O–H groups in total. The molecular weight excluding hydrogens is 477 g/mol. The van der Waals surface area contributed by atoms with Gasteiger partial charge in [-0.2, -0.15) is 0 Å². The standard InChI is InChI=1S/C19H30ClN5O.HI/c1-4-9-21-19(22-14-18(26)23(2)3)25-12-10-24(11-13-25)15-16-5-7-17(20)8-6-16;/h5-8H,4,9-15H2,1-3H3,(H,21,22);1H. The number of likely N-dealkylation sites (N-methyl/N-ethyl adjacent to an activating group) is 1. The number of hydrogen-bond acceptors (Lipinski definition) is 3. The smallest absolute Gasteiger partial charge is 0.243 e. The molecule has 6 nitrogen and oxygen atoms in total. The molecule has 1 aromatic carbocycles. The highest BCUT2D eigenvalue weighted by Crippen LogP contribution is 2.13. The molecule has 1 fully saturated rings. The molecule has 1 aliphatic heterocycles. The van der Waals surface area contributed by atoms with E-state index in [9.17, 15) is 4.79 Å². The molecule has 0 aromatic heterocycles. The Morgan fingerprint density at radius 3 is 2.37 bits per heavy atom. The number of halogens is 2. The van der Waals surface area contributed by atoms with Gasteiger partial charge >= 0.3 is 0 Å². The molecule has 2 rings (SSSR count). The topological polar surface area (TPSA) is 51.2 Å². The van der Waals surface area contributed by atoms with Crippen molar-refractivity contribution in [3.63, 3.8) is 0 Å². The molecule has 152 valence electrons. The molecular formula is C19H31ClIN5O. The van der Waals surface area contributed by atoms with E-state index in [4.69, 9.17) is 11.6 Å². The fourth-order valence-corrected chi connectivity index (χ4v) is 2.88. The normalized spacial score (nSPS) is 15.3. The molecule has 8 heteroatoms. The van der Waals surface area contributed by atoms with Crippen LogP contribution in [0.4, 0.5) is 0 Å². The van der Waals surface area contributed by atoms with Crippen LogP contribution < -0.4 is 5.32 Å². The number of guanidine groups is 1. The molecule has 0 bridgehead atoms. The van der Waals surface area contributed by atoms with Crippen LogP contribution in [0.2, 0.25) is 5.02 Å². The van der Waals surface area contributed by atoms with Crippen molar-refractivity contribution in [2.75, 3.05) is 53.4 Å². The molecule has 27 heavy (non-hydrogen) atoms. The molecule has 1 heterocycles. The van der Waals surface area contributed by atoms with E-state index in [0.717, 1.165) is 56.7 Å². The van der Waals surface area contributed by atoms with Crippen molar-refractivity contribution >= 4 is 47.4 Å². The second-order valence-corrected chi connectivity index (χ2v) is 7.18. The van der Waals surface area contributed by atoms with Crippen molar-refractivity contribution in [2.45, 2.75) is 19.9 Å². The summed E-state index contributed by atoms with van der Waals surface area (Å²) in [6.45, 7) is 7.84. The van der Waals surface area contributed by atoms with Crippen molar-refractivity contribution in [3.8, 4) is 0 Å². The van der Waals surface area contributed by atoms with Crippen LogP contribution in [0.15, 0.2) is 29.3 Å². The SMILES string of the molecule is CCCNC(=NCC(=O)N(C)C)N1CCN(Cc2ccc(Cl)cc2)CC1.I. The maximum absolute atomic E-state index is 11.8. The zero-order chi connectivity index (χ0) is 18.9. The van der Waals surface area contributed by atoms with Gasteiger partial charge in [-0.1, -0.05) is 30.7 Å². The summed E-state index contributed by atoms with van der Waals surface area (Å²) in [6.07, 6.45) is 1.02. The van der Waals surface area contributed by atoms with E-state index in [0.29, 0.717) is 0 Å². The lowest BCUT2D eigenvalue weighted by atomic mass is 10.2. The monoisotopic (exact) mass is 507 g/mol. The van der Waals surface area contributed by atoms with Gasteiger partial charge in [0.2, 0.25) is 5.91 Å².